The number of carbonyl (C=O) groups excluding carboxylic acids is 2. The van der Waals surface area contributed by atoms with Gasteiger partial charge in [0.1, 0.15) is 6.04 Å². The molecule has 0 aromatic heterocycles. The van der Waals surface area contributed by atoms with Crippen molar-refractivity contribution in [3.8, 4) is 0 Å². The maximum absolute atomic E-state index is 13.1. The topological polar surface area (TPSA) is 95.6 Å². The summed E-state index contributed by atoms with van der Waals surface area (Å²) in [5.41, 5.74) is 1.07. The minimum atomic E-state index is -3.47. The Labute approximate surface area is 191 Å². The molecule has 0 saturated carbocycles. The molecule has 0 radical (unpaired) electrons. The van der Waals surface area contributed by atoms with Gasteiger partial charge in [0.15, 0.2) is 0 Å². The fraction of sp³-hybridized carbons (Fsp3) is 0.333. The van der Waals surface area contributed by atoms with Crippen LogP contribution in [0.4, 0.5) is 11.4 Å². The average Bonchev–Trinajstić information content (AvgIpc) is 3.16. The van der Waals surface area contributed by atoms with Crippen molar-refractivity contribution in [2.45, 2.75) is 32.2 Å². The number of amides is 2. The summed E-state index contributed by atoms with van der Waals surface area (Å²) in [5.74, 6) is -0.671. The van der Waals surface area contributed by atoms with Crippen molar-refractivity contribution in [1.82, 2.24) is 4.90 Å². The molecule has 1 saturated heterocycles. The van der Waals surface area contributed by atoms with Crippen LogP contribution in [0.3, 0.4) is 0 Å². The third kappa shape index (κ3) is 6.12. The number of hydrogen-bond acceptors (Lipinski definition) is 4. The molecule has 1 unspecified atom stereocenters. The van der Waals surface area contributed by atoms with Crippen LogP contribution >= 0.6 is 23.2 Å². The molecular weight excluding hydrogens is 461 g/mol. The highest BCUT2D eigenvalue weighted by atomic mass is 35.5. The molecule has 1 heterocycles. The van der Waals surface area contributed by atoms with Crippen LogP contribution in [0.15, 0.2) is 42.5 Å². The molecular formula is C21H23Cl2N3O4S. The van der Waals surface area contributed by atoms with E-state index in [1.54, 1.807) is 43.3 Å². The second kappa shape index (κ2) is 9.89. The van der Waals surface area contributed by atoms with Gasteiger partial charge in [-0.3, -0.25) is 14.3 Å². The number of halogens is 2. The molecule has 2 aromatic carbocycles. The summed E-state index contributed by atoms with van der Waals surface area (Å²) < 4.78 is 26.5. The second-order valence-corrected chi connectivity index (χ2v) is 10.0. The summed E-state index contributed by atoms with van der Waals surface area (Å²) in [7, 11) is -3.47. The van der Waals surface area contributed by atoms with Gasteiger partial charge in [-0.05, 0) is 55.7 Å². The van der Waals surface area contributed by atoms with Gasteiger partial charge >= 0.3 is 0 Å². The van der Waals surface area contributed by atoms with E-state index in [1.165, 1.54) is 11.0 Å². The number of benzene rings is 2. The van der Waals surface area contributed by atoms with E-state index in [1.807, 2.05) is 0 Å². The lowest BCUT2D eigenvalue weighted by atomic mass is 10.1. The molecule has 3 rings (SSSR count). The van der Waals surface area contributed by atoms with Crippen molar-refractivity contribution in [2.75, 3.05) is 22.3 Å². The lowest BCUT2D eigenvalue weighted by Crippen LogP contribution is -2.43. The summed E-state index contributed by atoms with van der Waals surface area (Å²) in [4.78, 5) is 27.4. The largest absolute Gasteiger partial charge is 0.327 e. The van der Waals surface area contributed by atoms with Gasteiger partial charge < -0.3 is 10.2 Å². The van der Waals surface area contributed by atoms with E-state index < -0.39 is 16.1 Å². The highest BCUT2D eigenvalue weighted by Crippen LogP contribution is 2.26. The normalized spacial score (nSPS) is 16.2. The van der Waals surface area contributed by atoms with Crippen molar-refractivity contribution in [3.63, 3.8) is 0 Å². The van der Waals surface area contributed by atoms with Crippen LogP contribution in [-0.4, -0.2) is 43.5 Å². The van der Waals surface area contributed by atoms with Gasteiger partial charge in [0.25, 0.3) is 5.91 Å². The first-order valence-corrected chi connectivity index (χ1v) is 12.3. The zero-order chi connectivity index (χ0) is 22.6. The molecule has 1 aliphatic heterocycles. The Bertz CT molecular complexity index is 1070. The molecule has 1 aliphatic rings. The van der Waals surface area contributed by atoms with Crippen LogP contribution in [0.2, 0.25) is 10.0 Å². The number of likely N-dealkylation sites (tertiary alicyclic amines) is 1. The molecule has 7 nitrogen and oxygen atoms in total. The molecule has 0 bridgehead atoms. The molecule has 2 N–H and O–H groups in total. The predicted octanol–water partition coefficient (Wildman–Crippen LogP) is 4.39. The fourth-order valence-corrected chi connectivity index (χ4v) is 5.17. The van der Waals surface area contributed by atoms with Gasteiger partial charge in [-0.25, -0.2) is 8.42 Å². The number of sulfonamides is 1. The SMILES string of the molecule is CCCS(=O)(=O)Nc1cccc(C(=O)N2CCCC2C(=O)Nc2cc(Cl)cc(Cl)c2)c1. The number of anilines is 2. The second-order valence-electron chi connectivity index (χ2n) is 7.31. The molecule has 31 heavy (non-hydrogen) atoms. The first-order chi connectivity index (χ1) is 14.7. The number of nitrogens with zero attached hydrogens (tertiary/aromatic N) is 1. The molecule has 2 amide bonds. The van der Waals surface area contributed by atoms with Crippen molar-refractivity contribution in [3.05, 3.63) is 58.1 Å². The monoisotopic (exact) mass is 483 g/mol. The lowest BCUT2D eigenvalue weighted by molar-refractivity contribution is -0.119. The Morgan fingerprint density at radius 3 is 2.48 bits per heavy atom. The standard InChI is InChI=1S/C21H23Cl2N3O4S/c1-2-9-31(29,30)25-17-6-3-5-14(10-17)21(28)26-8-4-7-19(26)20(27)24-18-12-15(22)11-16(23)13-18/h3,5-6,10-13,19,25H,2,4,7-9H2,1H3,(H,24,27). The zero-order valence-corrected chi connectivity index (χ0v) is 19.2. The van der Waals surface area contributed by atoms with E-state index in [0.717, 1.165) is 0 Å². The smallest absolute Gasteiger partial charge is 0.254 e. The summed E-state index contributed by atoms with van der Waals surface area (Å²) in [6, 6.07) is 10.4. The lowest BCUT2D eigenvalue weighted by Gasteiger charge is -2.24. The summed E-state index contributed by atoms with van der Waals surface area (Å²) in [6.07, 6.45) is 1.69. The molecule has 1 atom stereocenters. The van der Waals surface area contributed by atoms with Crippen LogP contribution in [0.25, 0.3) is 0 Å². The first-order valence-electron chi connectivity index (χ1n) is 9.87. The maximum atomic E-state index is 13.1. The average molecular weight is 484 g/mol. The molecule has 1 fully saturated rings. The quantitative estimate of drug-likeness (QED) is 0.610. The molecule has 166 valence electrons. The number of carbonyl (C=O) groups is 2. The molecule has 2 aromatic rings. The van der Waals surface area contributed by atoms with Crippen LogP contribution in [0.5, 0.6) is 0 Å². The van der Waals surface area contributed by atoms with Gasteiger partial charge in [0.2, 0.25) is 15.9 Å². The summed E-state index contributed by atoms with van der Waals surface area (Å²) >= 11 is 12.0. The fourth-order valence-electron chi connectivity index (χ4n) is 3.51. The highest BCUT2D eigenvalue weighted by Gasteiger charge is 2.34. The van der Waals surface area contributed by atoms with E-state index in [9.17, 15) is 18.0 Å². The Hall–Kier alpha value is -2.29. The van der Waals surface area contributed by atoms with Gasteiger partial charge in [0, 0.05) is 33.5 Å². The molecule has 0 spiro atoms. The number of hydrogen-bond donors (Lipinski definition) is 2. The number of nitrogens with one attached hydrogen (secondary N) is 2. The van der Waals surface area contributed by atoms with Crippen LogP contribution < -0.4 is 10.0 Å². The van der Waals surface area contributed by atoms with E-state index in [-0.39, 0.29) is 17.6 Å². The minimum Gasteiger partial charge on any atom is -0.327 e. The summed E-state index contributed by atoms with van der Waals surface area (Å²) in [6.45, 7) is 2.20. The molecule has 0 aliphatic carbocycles. The Kier molecular flexibility index (Phi) is 7.46. The predicted molar refractivity (Wildman–Crippen MR) is 123 cm³/mol. The third-order valence-electron chi connectivity index (χ3n) is 4.80. The minimum absolute atomic E-state index is 0.00688. The van der Waals surface area contributed by atoms with Crippen molar-refractivity contribution < 1.29 is 18.0 Å². The van der Waals surface area contributed by atoms with E-state index >= 15 is 0 Å². The van der Waals surface area contributed by atoms with Crippen molar-refractivity contribution in [1.29, 1.82) is 0 Å². The Balaban J connectivity index is 1.75. The Morgan fingerprint density at radius 2 is 1.81 bits per heavy atom. The van der Waals surface area contributed by atoms with Gasteiger partial charge in [-0.1, -0.05) is 36.2 Å². The van der Waals surface area contributed by atoms with Gasteiger partial charge in [0.05, 0.1) is 5.75 Å². The van der Waals surface area contributed by atoms with Gasteiger partial charge in [-0.2, -0.15) is 0 Å². The third-order valence-corrected chi connectivity index (χ3v) is 6.73. The van der Waals surface area contributed by atoms with E-state index in [0.29, 0.717) is 52.8 Å². The molecule has 10 heteroatoms. The van der Waals surface area contributed by atoms with Crippen molar-refractivity contribution >= 4 is 56.4 Å². The van der Waals surface area contributed by atoms with E-state index in [2.05, 4.69) is 10.0 Å². The first kappa shape index (κ1) is 23.4. The van der Waals surface area contributed by atoms with Crippen LogP contribution in [0.1, 0.15) is 36.5 Å². The summed E-state index contributed by atoms with van der Waals surface area (Å²) in [5, 5.41) is 3.55. The van der Waals surface area contributed by atoms with E-state index in [4.69, 9.17) is 23.2 Å². The maximum Gasteiger partial charge on any atom is 0.254 e. The van der Waals surface area contributed by atoms with Crippen LogP contribution in [0, 0.1) is 0 Å². The zero-order valence-electron chi connectivity index (χ0n) is 16.9. The number of rotatable bonds is 7. The van der Waals surface area contributed by atoms with Crippen LogP contribution in [-0.2, 0) is 14.8 Å². The van der Waals surface area contributed by atoms with Gasteiger partial charge in [-0.15, -0.1) is 0 Å². The van der Waals surface area contributed by atoms with Crippen molar-refractivity contribution in [2.24, 2.45) is 0 Å². The highest BCUT2D eigenvalue weighted by molar-refractivity contribution is 7.92. The Morgan fingerprint density at radius 1 is 1.10 bits per heavy atom.